The van der Waals surface area contributed by atoms with Crippen LogP contribution in [0.15, 0.2) is 42.7 Å². The molecule has 0 saturated heterocycles. The number of alkyl halides is 2. The van der Waals surface area contributed by atoms with Crippen molar-refractivity contribution < 1.29 is 23.1 Å². The van der Waals surface area contributed by atoms with Gasteiger partial charge in [0.2, 0.25) is 5.91 Å². The van der Waals surface area contributed by atoms with Crippen molar-refractivity contribution >= 4 is 23.4 Å². The second kappa shape index (κ2) is 11.4. The molecule has 41 heavy (non-hydrogen) atoms. The highest BCUT2D eigenvalue weighted by atomic mass is 35.5. The maximum Gasteiger partial charge on any atom is 0.280 e. The summed E-state index contributed by atoms with van der Waals surface area (Å²) < 4.78 is 34.9. The number of fused-ring (bicyclic) bond motifs is 2. The minimum atomic E-state index is -2.70. The van der Waals surface area contributed by atoms with Crippen LogP contribution in [0.1, 0.15) is 83.0 Å². The molecule has 2 amide bonds. The Morgan fingerprint density at radius 3 is 2.68 bits per heavy atom. The minimum Gasteiger partial charge on any atom is -0.487 e. The summed E-state index contributed by atoms with van der Waals surface area (Å²) in [5, 5.41) is 0.559. The van der Waals surface area contributed by atoms with Gasteiger partial charge in [0.15, 0.2) is 0 Å². The minimum absolute atomic E-state index is 0.0510. The molecule has 0 bridgehead atoms. The molecule has 0 radical (unpaired) electrons. The Morgan fingerprint density at radius 2 is 1.93 bits per heavy atom. The van der Waals surface area contributed by atoms with Crippen LogP contribution < -0.4 is 4.74 Å². The van der Waals surface area contributed by atoms with Crippen LogP contribution in [0, 0.1) is 5.92 Å². The molecule has 7 nitrogen and oxygen atoms in total. The van der Waals surface area contributed by atoms with Gasteiger partial charge in [-0.1, -0.05) is 49.1 Å². The Morgan fingerprint density at radius 1 is 1.15 bits per heavy atom. The highest BCUT2D eigenvalue weighted by Crippen LogP contribution is 2.43. The van der Waals surface area contributed by atoms with Crippen molar-refractivity contribution in [2.24, 2.45) is 13.0 Å². The monoisotopic (exact) mass is 582 g/mol. The normalized spacial score (nSPS) is 19.0. The van der Waals surface area contributed by atoms with Crippen molar-refractivity contribution in [3.63, 3.8) is 0 Å². The zero-order valence-corrected chi connectivity index (χ0v) is 23.7. The highest BCUT2D eigenvalue weighted by Gasteiger charge is 2.40. The lowest BCUT2D eigenvalue weighted by Gasteiger charge is -2.42. The van der Waals surface area contributed by atoms with Gasteiger partial charge in [-0.2, -0.15) is 0 Å². The number of nitrogens with zero attached hydrogens (tertiary/aromatic N) is 4. The summed E-state index contributed by atoms with van der Waals surface area (Å²) >= 11 is 6.71. The molecule has 3 aromatic rings. The molecule has 0 spiro atoms. The molecular weight excluding hydrogens is 550 g/mol. The van der Waals surface area contributed by atoms with Gasteiger partial charge in [-0.3, -0.25) is 9.59 Å². The average molecular weight is 583 g/mol. The molecule has 2 aromatic carbocycles. The van der Waals surface area contributed by atoms with Crippen LogP contribution in [0.4, 0.5) is 8.78 Å². The Balaban J connectivity index is 1.36. The number of benzene rings is 2. The smallest absolute Gasteiger partial charge is 0.280 e. The van der Waals surface area contributed by atoms with E-state index in [-0.39, 0.29) is 42.3 Å². The summed E-state index contributed by atoms with van der Waals surface area (Å²) in [5.74, 6) is 0.438. The molecule has 1 aromatic heterocycles. The largest absolute Gasteiger partial charge is 0.487 e. The first-order valence-electron chi connectivity index (χ1n) is 14.2. The first-order chi connectivity index (χ1) is 19.8. The Hall–Kier alpha value is -3.46. The number of hydrogen-bond donors (Lipinski definition) is 0. The number of hydrogen-bond acceptors (Lipinski definition) is 4. The van der Waals surface area contributed by atoms with E-state index in [9.17, 15) is 18.4 Å². The number of carbonyl (C=O) groups excluding carboxylic acids is 2. The van der Waals surface area contributed by atoms with Crippen LogP contribution >= 0.6 is 11.6 Å². The molecule has 216 valence electrons. The first-order valence-corrected chi connectivity index (χ1v) is 14.6. The van der Waals surface area contributed by atoms with Crippen molar-refractivity contribution in [1.82, 2.24) is 19.4 Å². The fourth-order valence-corrected chi connectivity index (χ4v) is 6.90. The number of halogens is 3. The van der Waals surface area contributed by atoms with E-state index in [1.54, 1.807) is 17.0 Å². The molecule has 3 aliphatic rings. The number of imidazole rings is 1. The lowest BCUT2D eigenvalue weighted by Crippen LogP contribution is -2.48. The molecule has 2 aliphatic heterocycles. The third-order valence-electron chi connectivity index (χ3n) is 8.73. The third kappa shape index (κ3) is 5.20. The van der Waals surface area contributed by atoms with Crippen molar-refractivity contribution in [3.8, 4) is 5.75 Å². The maximum absolute atomic E-state index is 14.0. The zero-order valence-electron chi connectivity index (χ0n) is 23.0. The SMILES string of the molecule is Cn1cnc(COc2ccc(Cl)c3c2[C@@H](CN2Cc4ccccc4C2=O)N(C(=O)C2CCCCC2)CC3)c1C(F)F. The number of aryl methyl sites for hydroxylation is 1. The van der Waals surface area contributed by atoms with Gasteiger partial charge in [0, 0.05) is 48.7 Å². The quantitative estimate of drug-likeness (QED) is 0.330. The summed E-state index contributed by atoms with van der Waals surface area (Å²) in [6.45, 7) is 1.06. The molecule has 6 rings (SSSR count). The van der Waals surface area contributed by atoms with E-state index in [2.05, 4.69) is 4.98 Å². The predicted octanol–water partition coefficient (Wildman–Crippen LogP) is 6.25. The number of ether oxygens (including phenoxy) is 1. The Labute approximate surface area is 243 Å². The molecular formula is C31H33ClF2N4O3. The average Bonchev–Trinajstić information content (AvgIpc) is 3.51. The van der Waals surface area contributed by atoms with Gasteiger partial charge < -0.3 is 19.1 Å². The molecule has 0 unspecified atom stereocenters. The van der Waals surface area contributed by atoms with Gasteiger partial charge in [-0.05, 0) is 48.6 Å². The van der Waals surface area contributed by atoms with Crippen LogP contribution in [0.5, 0.6) is 5.75 Å². The molecule has 10 heteroatoms. The van der Waals surface area contributed by atoms with E-state index in [0.29, 0.717) is 35.8 Å². The summed E-state index contributed by atoms with van der Waals surface area (Å²) in [7, 11) is 1.53. The molecule has 1 aliphatic carbocycles. The second-order valence-electron chi connectivity index (χ2n) is 11.2. The van der Waals surface area contributed by atoms with Crippen molar-refractivity contribution in [3.05, 3.63) is 81.4 Å². The standard InChI is InChI=1S/C31H33ClF2N4O3/c1-36-18-35-24(28(36)29(33)34)17-41-26-12-11-23(32)22-13-14-38(30(39)19-7-3-2-4-8-19)25(27(22)26)16-37-15-20-9-5-6-10-21(20)31(37)40/h5-6,9-12,18-19,25,29H,2-4,7-8,13-17H2,1H3/t25-/m1/s1. The van der Waals surface area contributed by atoms with E-state index in [0.717, 1.165) is 48.8 Å². The number of aromatic nitrogens is 2. The van der Waals surface area contributed by atoms with Crippen LogP contribution in [0.25, 0.3) is 0 Å². The summed E-state index contributed by atoms with van der Waals surface area (Å²) in [4.78, 5) is 35.2. The molecule has 1 atom stereocenters. The van der Waals surface area contributed by atoms with E-state index in [1.807, 2.05) is 29.2 Å². The van der Waals surface area contributed by atoms with E-state index >= 15 is 0 Å². The van der Waals surface area contributed by atoms with E-state index in [1.165, 1.54) is 17.9 Å². The zero-order chi connectivity index (χ0) is 28.7. The van der Waals surface area contributed by atoms with Gasteiger partial charge in [0.05, 0.1) is 12.4 Å². The summed E-state index contributed by atoms with van der Waals surface area (Å²) in [5.41, 5.74) is 3.19. The van der Waals surface area contributed by atoms with E-state index < -0.39 is 12.5 Å². The topological polar surface area (TPSA) is 67.7 Å². The molecule has 3 heterocycles. The van der Waals surface area contributed by atoms with Gasteiger partial charge in [-0.15, -0.1) is 0 Å². The highest BCUT2D eigenvalue weighted by molar-refractivity contribution is 6.31. The fourth-order valence-electron chi connectivity index (χ4n) is 6.64. The van der Waals surface area contributed by atoms with Crippen LogP contribution in [0.3, 0.4) is 0 Å². The molecule has 0 N–H and O–H groups in total. The third-order valence-corrected chi connectivity index (χ3v) is 9.09. The van der Waals surface area contributed by atoms with Crippen LogP contribution in [-0.2, 0) is 31.4 Å². The summed E-state index contributed by atoms with van der Waals surface area (Å²) in [6, 6.07) is 10.5. The summed E-state index contributed by atoms with van der Waals surface area (Å²) in [6.07, 6.45) is 4.11. The van der Waals surface area contributed by atoms with Gasteiger partial charge in [-0.25, -0.2) is 13.8 Å². The van der Waals surface area contributed by atoms with E-state index in [4.69, 9.17) is 16.3 Å². The Kier molecular flexibility index (Phi) is 7.72. The van der Waals surface area contributed by atoms with Crippen molar-refractivity contribution in [1.29, 1.82) is 0 Å². The fraction of sp³-hybridized carbons (Fsp3) is 0.452. The first kappa shape index (κ1) is 27.7. The van der Waals surface area contributed by atoms with Crippen LogP contribution in [-0.4, -0.2) is 44.3 Å². The van der Waals surface area contributed by atoms with Crippen molar-refractivity contribution in [2.75, 3.05) is 13.1 Å². The van der Waals surface area contributed by atoms with Gasteiger partial charge in [0.1, 0.15) is 23.7 Å². The Bertz CT molecular complexity index is 1470. The lowest BCUT2D eigenvalue weighted by atomic mass is 9.85. The second-order valence-corrected chi connectivity index (χ2v) is 11.6. The number of carbonyl (C=O) groups is 2. The lowest BCUT2D eigenvalue weighted by molar-refractivity contribution is -0.140. The maximum atomic E-state index is 14.0. The van der Waals surface area contributed by atoms with Crippen molar-refractivity contribution in [2.45, 2.75) is 64.1 Å². The van der Waals surface area contributed by atoms with Gasteiger partial charge >= 0.3 is 0 Å². The number of rotatable bonds is 7. The number of amides is 2. The van der Waals surface area contributed by atoms with Crippen LogP contribution in [0.2, 0.25) is 5.02 Å². The molecule has 1 fully saturated rings. The molecule has 1 saturated carbocycles. The van der Waals surface area contributed by atoms with Gasteiger partial charge in [0.25, 0.3) is 12.3 Å². The predicted molar refractivity (Wildman–Crippen MR) is 150 cm³/mol.